The molecule has 1 aliphatic heterocycles. The number of nitrogens with zero attached hydrogens (tertiary/aromatic N) is 1. The Bertz CT molecular complexity index is 359. The van der Waals surface area contributed by atoms with Gasteiger partial charge in [0.05, 0.1) is 13.2 Å². The smallest absolute Gasteiger partial charge is 0.221 e. The van der Waals surface area contributed by atoms with Gasteiger partial charge in [0.25, 0.3) is 0 Å². The van der Waals surface area contributed by atoms with Crippen molar-refractivity contribution in [3.8, 4) is 0 Å². The van der Waals surface area contributed by atoms with Crippen molar-refractivity contribution >= 4 is 30.7 Å². The van der Waals surface area contributed by atoms with Gasteiger partial charge in [-0.15, -0.1) is 24.8 Å². The van der Waals surface area contributed by atoms with Crippen LogP contribution < -0.4 is 10.6 Å². The number of aromatic nitrogens is 1. The van der Waals surface area contributed by atoms with Crippen molar-refractivity contribution in [1.29, 1.82) is 0 Å². The number of carbonyl (C=O) groups is 1. The SMILES string of the molecule is Cl.Cl.O=C(CC1COCCN1)NCc1ccncc1. The highest BCUT2D eigenvalue weighted by molar-refractivity contribution is 5.85. The first-order valence-corrected chi connectivity index (χ1v) is 5.81. The summed E-state index contributed by atoms with van der Waals surface area (Å²) in [6.07, 6.45) is 3.90. The molecule has 0 radical (unpaired) electrons. The second-order valence-corrected chi connectivity index (χ2v) is 4.06. The van der Waals surface area contributed by atoms with Crippen LogP contribution in [0.4, 0.5) is 0 Å². The number of hydrogen-bond donors (Lipinski definition) is 2. The summed E-state index contributed by atoms with van der Waals surface area (Å²) in [5.74, 6) is 0.0461. The molecule has 2 rings (SSSR count). The third-order valence-corrected chi connectivity index (χ3v) is 2.67. The van der Waals surface area contributed by atoms with E-state index >= 15 is 0 Å². The zero-order valence-electron chi connectivity index (χ0n) is 10.5. The van der Waals surface area contributed by atoms with Crippen molar-refractivity contribution in [3.05, 3.63) is 30.1 Å². The largest absolute Gasteiger partial charge is 0.378 e. The Morgan fingerprint density at radius 3 is 2.79 bits per heavy atom. The first-order valence-electron chi connectivity index (χ1n) is 5.81. The highest BCUT2D eigenvalue weighted by Gasteiger charge is 2.16. The van der Waals surface area contributed by atoms with Crippen molar-refractivity contribution < 1.29 is 9.53 Å². The Morgan fingerprint density at radius 1 is 1.42 bits per heavy atom. The molecule has 1 atom stereocenters. The van der Waals surface area contributed by atoms with Crippen LogP contribution in [-0.2, 0) is 16.1 Å². The molecule has 1 saturated heterocycles. The Balaban J connectivity index is 0.00000162. The summed E-state index contributed by atoms with van der Waals surface area (Å²) in [7, 11) is 0. The van der Waals surface area contributed by atoms with Crippen molar-refractivity contribution in [2.75, 3.05) is 19.8 Å². The molecule has 1 amide bonds. The molecule has 19 heavy (non-hydrogen) atoms. The van der Waals surface area contributed by atoms with E-state index in [0.29, 0.717) is 19.6 Å². The van der Waals surface area contributed by atoms with Crippen LogP contribution >= 0.6 is 24.8 Å². The van der Waals surface area contributed by atoms with Gasteiger partial charge in [0.1, 0.15) is 0 Å². The summed E-state index contributed by atoms with van der Waals surface area (Å²) in [5.41, 5.74) is 1.06. The molecule has 0 bridgehead atoms. The molecule has 7 heteroatoms. The molecule has 5 nitrogen and oxygen atoms in total. The van der Waals surface area contributed by atoms with Gasteiger partial charge in [-0.25, -0.2) is 0 Å². The molecule has 1 unspecified atom stereocenters. The Morgan fingerprint density at radius 2 is 2.16 bits per heavy atom. The van der Waals surface area contributed by atoms with Gasteiger partial charge in [-0.2, -0.15) is 0 Å². The number of amides is 1. The second kappa shape index (κ2) is 9.97. The van der Waals surface area contributed by atoms with Crippen LogP contribution in [0.3, 0.4) is 0 Å². The van der Waals surface area contributed by atoms with Gasteiger partial charge in [-0.1, -0.05) is 0 Å². The quantitative estimate of drug-likeness (QED) is 0.868. The molecule has 2 heterocycles. The topological polar surface area (TPSA) is 63.2 Å². The van der Waals surface area contributed by atoms with Gasteiger partial charge in [-0.05, 0) is 17.7 Å². The van der Waals surface area contributed by atoms with Crippen LogP contribution in [0, 0.1) is 0 Å². The Labute approximate surface area is 125 Å². The van der Waals surface area contributed by atoms with Crippen molar-refractivity contribution in [1.82, 2.24) is 15.6 Å². The molecular formula is C12H19Cl2N3O2. The number of ether oxygens (including phenoxy) is 1. The maximum Gasteiger partial charge on any atom is 0.221 e. The minimum absolute atomic E-state index is 0. The van der Waals surface area contributed by atoms with Crippen LogP contribution in [0.5, 0.6) is 0 Å². The van der Waals surface area contributed by atoms with E-state index in [1.54, 1.807) is 12.4 Å². The first kappa shape index (κ1) is 18.1. The van der Waals surface area contributed by atoms with E-state index in [1.165, 1.54) is 0 Å². The number of hydrogen-bond acceptors (Lipinski definition) is 4. The molecular weight excluding hydrogens is 289 g/mol. The van der Waals surface area contributed by atoms with Gasteiger partial charge in [-0.3, -0.25) is 9.78 Å². The molecule has 1 fully saturated rings. The first-order chi connectivity index (χ1) is 8.34. The van der Waals surface area contributed by atoms with E-state index in [1.807, 2.05) is 12.1 Å². The van der Waals surface area contributed by atoms with Crippen LogP contribution in [0.1, 0.15) is 12.0 Å². The van der Waals surface area contributed by atoms with E-state index in [2.05, 4.69) is 15.6 Å². The van der Waals surface area contributed by atoms with E-state index in [9.17, 15) is 4.79 Å². The summed E-state index contributed by atoms with van der Waals surface area (Å²) in [6.45, 7) is 2.72. The Kier molecular flexibility index (Phi) is 9.51. The molecule has 0 aromatic carbocycles. The lowest BCUT2D eigenvalue weighted by Gasteiger charge is -2.23. The van der Waals surface area contributed by atoms with E-state index in [4.69, 9.17) is 4.74 Å². The fraction of sp³-hybridized carbons (Fsp3) is 0.500. The van der Waals surface area contributed by atoms with E-state index < -0.39 is 0 Å². The highest BCUT2D eigenvalue weighted by atomic mass is 35.5. The summed E-state index contributed by atoms with van der Waals surface area (Å²) in [6, 6.07) is 3.92. The van der Waals surface area contributed by atoms with E-state index in [0.717, 1.165) is 18.7 Å². The molecule has 1 aromatic rings. The van der Waals surface area contributed by atoms with Crippen molar-refractivity contribution in [2.24, 2.45) is 0 Å². The average molecular weight is 308 g/mol. The zero-order chi connectivity index (χ0) is 11.9. The fourth-order valence-corrected chi connectivity index (χ4v) is 1.75. The minimum Gasteiger partial charge on any atom is -0.378 e. The monoisotopic (exact) mass is 307 g/mol. The number of pyridine rings is 1. The van der Waals surface area contributed by atoms with Crippen LogP contribution in [-0.4, -0.2) is 36.7 Å². The lowest BCUT2D eigenvalue weighted by molar-refractivity contribution is -0.122. The maximum atomic E-state index is 11.7. The van der Waals surface area contributed by atoms with E-state index in [-0.39, 0.29) is 36.8 Å². The molecule has 1 aliphatic rings. The highest BCUT2D eigenvalue weighted by Crippen LogP contribution is 2.00. The average Bonchev–Trinajstić information content (AvgIpc) is 2.39. The molecule has 2 N–H and O–H groups in total. The van der Waals surface area contributed by atoms with Crippen LogP contribution in [0.25, 0.3) is 0 Å². The fourth-order valence-electron chi connectivity index (χ4n) is 1.75. The van der Waals surface area contributed by atoms with Crippen molar-refractivity contribution in [3.63, 3.8) is 0 Å². The standard InChI is InChI=1S/C12H17N3O2.2ClH/c16-12(7-11-9-17-6-5-14-11)15-8-10-1-3-13-4-2-10;;/h1-4,11,14H,5-9H2,(H,15,16);2*1H. The maximum absolute atomic E-state index is 11.7. The molecule has 1 aromatic heterocycles. The molecule has 0 aliphatic carbocycles. The predicted molar refractivity (Wildman–Crippen MR) is 77.8 cm³/mol. The third-order valence-electron chi connectivity index (χ3n) is 2.67. The summed E-state index contributed by atoms with van der Waals surface area (Å²) >= 11 is 0. The molecule has 108 valence electrons. The third kappa shape index (κ3) is 6.73. The van der Waals surface area contributed by atoms with Gasteiger partial charge < -0.3 is 15.4 Å². The lowest BCUT2D eigenvalue weighted by atomic mass is 10.2. The summed E-state index contributed by atoms with van der Waals surface area (Å²) in [5, 5.41) is 6.14. The number of carbonyl (C=O) groups excluding carboxylic acids is 1. The number of nitrogens with one attached hydrogen (secondary N) is 2. The lowest BCUT2D eigenvalue weighted by Crippen LogP contribution is -2.44. The minimum atomic E-state index is 0. The second-order valence-electron chi connectivity index (χ2n) is 4.06. The van der Waals surface area contributed by atoms with Gasteiger partial charge in [0.15, 0.2) is 0 Å². The Hall–Kier alpha value is -0.880. The zero-order valence-corrected chi connectivity index (χ0v) is 12.1. The predicted octanol–water partition coefficient (Wildman–Crippen LogP) is 0.920. The van der Waals surface area contributed by atoms with Crippen LogP contribution in [0.15, 0.2) is 24.5 Å². The number of morpholine rings is 1. The normalized spacial score (nSPS) is 17.8. The summed E-state index contributed by atoms with van der Waals surface area (Å²) in [4.78, 5) is 15.6. The van der Waals surface area contributed by atoms with Gasteiger partial charge in [0.2, 0.25) is 5.91 Å². The van der Waals surface area contributed by atoms with Gasteiger partial charge in [0, 0.05) is 37.9 Å². The molecule has 0 spiro atoms. The van der Waals surface area contributed by atoms with Crippen molar-refractivity contribution in [2.45, 2.75) is 19.0 Å². The van der Waals surface area contributed by atoms with Gasteiger partial charge >= 0.3 is 0 Å². The summed E-state index contributed by atoms with van der Waals surface area (Å²) < 4.78 is 5.29. The van der Waals surface area contributed by atoms with Crippen LogP contribution in [0.2, 0.25) is 0 Å². The number of halogens is 2. The number of rotatable bonds is 4. The molecule has 0 saturated carbocycles.